The van der Waals surface area contributed by atoms with Crippen molar-refractivity contribution in [2.75, 3.05) is 33.9 Å². The largest absolute Gasteiger partial charge is 0.497 e. The molecule has 0 bridgehead atoms. The molecule has 1 heterocycles. The van der Waals surface area contributed by atoms with E-state index in [1.54, 1.807) is 19.1 Å². The van der Waals surface area contributed by atoms with Crippen LogP contribution in [0.4, 0.5) is 4.79 Å². The lowest BCUT2D eigenvalue weighted by Crippen LogP contribution is -2.38. The summed E-state index contributed by atoms with van der Waals surface area (Å²) >= 11 is 0. The predicted octanol–water partition coefficient (Wildman–Crippen LogP) is 1.84. The first kappa shape index (κ1) is 15.0. The number of nitrogens with zero attached hydrogens (tertiary/aromatic N) is 1. The molecule has 0 aromatic heterocycles. The summed E-state index contributed by atoms with van der Waals surface area (Å²) in [4.78, 5) is 13.7. The maximum atomic E-state index is 11.9. The molecule has 1 aliphatic heterocycles. The molecule has 0 aliphatic carbocycles. The zero-order valence-electron chi connectivity index (χ0n) is 12.4. The van der Waals surface area contributed by atoms with E-state index < -0.39 is 0 Å². The van der Waals surface area contributed by atoms with Crippen molar-refractivity contribution in [2.24, 2.45) is 0 Å². The first-order valence-electron chi connectivity index (χ1n) is 6.87. The smallest absolute Gasteiger partial charge is 0.318 e. The molecule has 1 N–H and O–H groups in total. The first-order valence-corrected chi connectivity index (χ1v) is 6.87. The summed E-state index contributed by atoms with van der Waals surface area (Å²) in [5.74, 6) is 4.21. The second kappa shape index (κ2) is 6.89. The summed E-state index contributed by atoms with van der Waals surface area (Å²) in [5, 5.41) is 2.69. The normalized spacial score (nSPS) is 17.2. The Bertz CT molecular complexity index is 529. The molecule has 1 saturated heterocycles. The number of ether oxygens (including phenoxy) is 2. The molecule has 112 valence electrons. The number of likely N-dealkylation sites (tertiary alicyclic amines) is 1. The third-order valence-electron chi connectivity index (χ3n) is 3.66. The number of terminal acetylenes is 1. The minimum atomic E-state index is -0.106. The molecular weight excluding hydrogens is 268 g/mol. The van der Waals surface area contributed by atoms with Gasteiger partial charge in [0.05, 0.1) is 20.8 Å². The highest BCUT2D eigenvalue weighted by Crippen LogP contribution is 2.32. The van der Waals surface area contributed by atoms with E-state index in [0.717, 1.165) is 30.0 Å². The number of hydrogen-bond donors (Lipinski definition) is 1. The van der Waals surface area contributed by atoms with Crippen LogP contribution in [0, 0.1) is 12.3 Å². The average Bonchev–Trinajstić information content (AvgIpc) is 3.02. The van der Waals surface area contributed by atoms with Gasteiger partial charge in [0.2, 0.25) is 0 Å². The monoisotopic (exact) mass is 288 g/mol. The van der Waals surface area contributed by atoms with Gasteiger partial charge in [0.15, 0.2) is 0 Å². The van der Waals surface area contributed by atoms with Crippen LogP contribution in [0.25, 0.3) is 0 Å². The van der Waals surface area contributed by atoms with Crippen molar-refractivity contribution in [3.8, 4) is 23.8 Å². The third-order valence-corrected chi connectivity index (χ3v) is 3.66. The molecule has 2 amide bonds. The van der Waals surface area contributed by atoms with Crippen molar-refractivity contribution < 1.29 is 14.3 Å². The van der Waals surface area contributed by atoms with Crippen LogP contribution in [0.2, 0.25) is 0 Å². The standard InChI is InChI=1S/C16H20N2O3/c1-4-6-17-16(19)18-7-5-12(11-18)13-8-14(20-2)10-15(9-13)21-3/h1,8-10,12H,5-7,11H2,2-3H3,(H,17,19)/t12-/m0/s1. The maximum absolute atomic E-state index is 11.9. The number of urea groups is 1. The minimum Gasteiger partial charge on any atom is -0.497 e. The number of rotatable bonds is 4. The number of nitrogens with one attached hydrogen (secondary N) is 1. The fourth-order valence-corrected chi connectivity index (χ4v) is 2.52. The van der Waals surface area contributed by atoms with Gasteiger partial charge in [-0.25, -0.2) is 4.79 Å². The van der Waals surface area contributed by atoms with Gasteiger partial charge in [-0.15, -0.1) is 6.42 Å². The molecule has 5 heteroatoms. The molecule has 5 nitrogen and oxygen atoms in total. The van der Waals surface area contributed by atoms with Crippen LogP contribution in [-0.2, 0) is 0 Å². The Morgan fingerprint density at radius 2 is 2.05 bits per heavy atom. The highest BCUT2D eigenvalue weighted by Gasteiger charge is 2.27. The molecule has 1 atom stereocenters. The summed E-state index contributed by atoms with van der Waals surface area (Å²) in [5.41, 5.74) is 1.12. The number of carbonyl (C=O) groups is 1. The molecule has 2 rings (SSSR count). The van der Waals surface area contributed by atoms with E-state index in [9.17, 15) is 4.79 Å². The van der Waals surface area contributed by atoms with Crippen LogP contribution in [0.1, 0.15) is 17.9 Å². The SMILES string of the molecule is C#CCNC(=O)N1CC[C@H](c2cc(OC)cc(OC)c2)C1. The lowest BCUT2D eigenvalue weighted by Gasteiger charge is -2.17. The van der Waals surface area contributed by atoms with Gasteiger partial charge in [-0.1, -0.05) is 5.92 Å². The Labute approximate surface area is 125 Å². The van der Waals surface area contributed by atoms with Gasteiger partial charge in [-0.05, 0) is 24.1 Å². The van der Waals surface area contributed by atoms with Crippen molar-refractivity contribution in [3.63, 3.8) is 0 Å². The summed E-state index contributed by atoms with van der Waals surface area (Å²) in [6, 6.07) is 5.73. The van der Waals surface area contributed by atoms with Crippen LogP contribution < -0.4 is 14.8 Å². The number of hydrogen-bond acceptors (Lipinski definition) is 3. The Kier molecular flexibility index (Phi) is 4.94. The summed E-state index contributed by atoms with van der Waals surface area (Å²) in [6.45, 7) is 1.65. The fraction of sp³-hybridized carbons (Fsp3) is 0.438. The third kappa shape index (κ3) is 3.60. The second-order valence-electron chi connectivity index (χ2n) is 4.94. The zero-order valence-corrected chi connectivity index (χ0v) is 12.4. The van der Waals surface area contributed by atoms with Gasteiger partial charge in [-0.3, -0.25) is 0 Å². The van der Waals surface area contributed by atoms with Gasteiger partial charge in [-0.2, -0.15) is 0 Å². The quantitative estimate of drug-likeness (QED) is 0.860. The van der Waals surface area contributed by atoms with E-state index in [1.807, 2.05) is 18.2 Å². The zero-order chi connectivity index (χ0) is 15.2. The topological polar surface area (TPSA) is 50.8 Å². The van der Waals surface area contributed by atoms with Gasteiger partial charge in [0.25, 0.3) is 0 Å². The first-order chi connectivity index (χ1) is 10.2. The van der Waals surface area contributed by atoms with Gasteiger partial charge >= 0.3 is 6.03 Å². The summed E-state index contributed by atoms with van der Waals surface area (Å²) in [7, 11) is 3.26. The van der Waals surface area contributed by atoms with Crippen molar-refractivity contribution in [1.29, 1.82) is 0 Å². The highest BCUT2D eigenvalue weighted by atomic mass is 16.5. The Morgan fingerprint density at radius 3 is 2.62 bits per heavy atom. The number of benzene rings is 1. The second-order valence-corrected chi connectivity index (χ2v) is 4.94. The van der Waals surface area contributed by atoms with Crippen LogP contribution in [0.15, 0.2) is 18.2 Å². The summed E-state index contributed by atoms with van der Waals surface area (Å²) < 4.78 is 10.6. The molecular formula is C16H20N2O3. The van der Waals surface area contributed by atoms with E-state index >= 15 is 0 Å². The average molecular weight is 288 g/mol. The van der Waals surface area contributed by atoms with E-state index in [4.69, 9.17) is 15.9 Å². The van der Waals surface area contributed by atoms with Gasteiger partial charge in [0, 0.05) is 25.1 Å². The van der Waals surface area contributed by atoms with Crippen molar-refractivity contribution in [2.45, 2.75) is 12.3 Å². The summed E-state index contributed by atoms with van der Waals surface area (Å²) in [6.07, 6.45) is 6.06. The molecule has 0 radical (unpaired) electrons. The van der Waals surface area contributed by atoms with Crippen LogP contribution in [-0.4, -0.2) is 44.8 Å². The molecule has 1 aliphatic rings. The molecule has 0 saturated carbocycles. The van der Waals surface area contributed by atoms with E-state index in [-0.39, 0.29) is 18.5 Å². The Hall–Kier alpha value is -2.35. The fourth-order valence-electron chi connectivity index (χ4n) is 2.52. The highest BCUT2D eigenvalue weighted by molar-refractivity contribution is 5.74. The Morgan fingerprint density at radius 1 is 1.38 bits per heavy atom. The van der Waals surface area contributed by atoms with Crippen LogP contribution >= 0.6 is 0 Å². The number of carbonyl (C=O) groups excluding carboxylic acids is 1. The van der Waals surface area contributed by atoms with Crippen molar-refractivity contribution in [1.82, 2.24) is 10.2 Å². The molecule has 1 fully saturated rings. The maximum Gasteiger partial charge on any atom is 0.318 e. The van der Waals surface area contributed by atoms with Gasteiger partial charge in [0.1, 0.15) is 11.5 Å². The van der Waals surface area contributed by atoms with Crippen molar-refractivity contribution >= 4 is 6.03 Å². The Balaban J connectivity index is 2.07. The lowest BCUT2D eigenvalue weighted by molar-refractivity contribution is 0.209. The van der Waals surface area contributed by atoms with Crippen LogP contribution in [0.5, 0.6) is 11.5 Å². The van der Waals surface area contributed by atoms with E-state index in [1.165, 1.54) is 0 Å². The molecule has 1 aromatic rings. The molecule has 0 unspecified atom stereocenters. The van der Waals surface area contributed by atoms with E-state index in [2.05, 4.69) is 11.2 Å². The molecule has 21 heavy (non-hydrogen) atoms. The number of amides is 2. The van der Waals surface area contributed by atoms with Crippen molar-refractivity contribution in [3.05, 3.63) is 23.8 Å². The lowest BCUT2D eigenvalue weighted by atomic mass is 9.98. The van der Waals surface area contributed by atoms with Gasteiger partial charge < -0.3 is 19.7 Å². The van der Waals surface area contributed by atoms with Crippen LogP contribution in [0.3, 0.4) is 0 Å². The minimum absolute atomic E-state index is 0.106. The number of methoxy groups -OCH3 is 2. The van der Waals surface area contributed by atoms with E-state index in [0.29, 0.717) is 6.54 Å². The molecule has 1 aromatic carbocycles. The molecule has 0 spiro atoms. The predicted molar refractivity (Wildman–Crippen MR) is 80.7 cm³/mol.